The van der Waals surface area contributed by atoms with Gasteiger partial charge in [-0.3, -0.25) is 4.79 Å². The van der Waals surface area contributed by atoms with Crippen LogP contribution in [-0.4, -0.2) is 31.0 Å². The van der Waals surface area contributed by atoms with Crippen molar-refractivity contribution < 1.29 is 9.53 Å². The maximum atomic E-state index is 12.1. The first-order valence-corrected chi connectivity index (χ1v) is 6.77. The number of hydrogen-bond acceptors (Lipinski definition) is 2. The number of benzene rings is 1. The highest BCUT2D eigenvalue weighted by atomic mass is 16.5. The molecule has 0 N–H and O–H groups in total. The zero-order valence-corrected chi connectivity index (χ0v) is 11.7. The molecule has 0 atom stereocenters. The normalized spacial score (nSPS) is 14.0. The number of methoxy groups -OCH3 is 1. The van der Waals surface area contributed by atoms with Crippen LogP contribution in [0.4, 0.5) is 0 Å². The fraction of sp³-hybridized carbons (Fsp3) is 0.353. The first-order valence-electron chi connectivity index (χ1n) is 6.77. The number of amides is 1. The van der Waals surface area contributed by atoms with Gasteiger partial charge in [-0.1, -0.05) is 18.1 Å². The van der Waals surface area contributed by atoms with Crippen LogP contribution in [0.1, 0.15) is 18.4 Å². The summed E-state index contributed by atoms with van der Waals surface area (Å²) in [4.78, 5) is 13.8. The van der Waals surface area contributed by atoms with Gasteiger partial charge in [0.05, 0.1) is 13.7 Å². The van der Waals surface area contributed by atoms with Crippen LogP contribution in [-0.2, 0) is 4.79 Å². The minimum absolute atomic E-state index is 0.0225. The van der Waals surface area contributed by atoms with Gasteiger partial charge in [0.1, 0.15) is 5.75 Å². The molecule has 1 saturated carbocycles. The molecule has 0 spiro atoms. The van der Waals surface area contributed by atoms with Crippen LogP contribution >= 0.6 is 0 Å². The van der Waals surface area contributed by atoms with Crippen LogP contribution in [0.3, 0.4) is 0 Å². The first kappa shape index (κ1) is 14.2. The van der Waals surface area contributed by atoms with Crippen molar-refractivity contribution in [2.75, 3.05) is 20.2 Å². The third-order valence-electron chi connectivity index (χ3n) is 3.30. The van der Waals surface area contributed by atoms with Crippen LogP contribution in [0.15, 0.2) is 30.3 Å². The minimum atomic E-state index is -0.0225. The maximum absolute atomic E-state index is 12.1. The highest BCUT2D eigenvalue weighted by Crippen LogP contribution is 2.29. The molecule has 20 heavy (non-hydrogen) atoms. The summed E-state index contributed by atoms with van der Waals surface area (Å²) in [5, 5.41) is 0. The summed E-state index contributed by atoms with van der Waals surface area (Å²) < 4.78 is 5.09. The van der Waals surface area contributed by atoms with E-state index in [4.69, 9.17) is 11.2 Å². The summed E-state index contributed by atoms with van der Waals surface area (Å²) in [6.07, 6.45) is 11.1. The van der Waals surface area contributed by atoms with Gasteiger partial charge in [-0.15, -0.1) is 6.42 Å². The molecule has 0 radical (unpaired) electrons. The van der Waals surface area contributed by atoms with Gasteiger partial charge in [0.25, 0.3) is 0 Å². The van der Waals surface area contributed by atoms with Crippen LogP contribution in [0.2, 0.25) is 0 Å². The molecule has 1 aromatic carbocycles. The van der Waals surface area contributed by atoms with Gasteiger partial charge in [-0.25, -0.2) is 0 Å². The molecular formula is C17H19NO2. The molecular weight excluding hydrogens is 250 g/mol. The topological polar surface area (TPSA) is 29.5 Å². The average molecular weight is 269 g/mol. The van der Waals surface area contributed by atoms with Crippen LogP contribution in [0.25, 0.3) is 6.08 Å². The number of terminal acetylenes is 1. The Kier molecular flexibility index (Phi) is 4.84. The van der Waals surface area contributed by atoms with Gasteiger partial charge in [0.15, 0.2) is 0 Å². The van der Waals surface area contributed by atoms with E-state index >= 15 is 0 Å². The average Bonchev–Trinajstić information content (AvgIpc) is 3.29. The monoisotopic (exact) mass is 269 g/mol. The highest BCUT2D eigenvalue weighted by molar-refractivity contribution is 5.92. The van der Waals surface area contributed by atoms with Crippen molar-refractivity contribution in [2.45, 2.75) is 12.8 Å². The Bertz CT molecular complexity index is 521. The maximum Gasteiger partial charge on any atom is 0.247 e. The fourth-order valence-electron chi connectivity index (χ4n) is 1.94. The summed E-state index contributed by atoms with van der Waals surface area (Å²) in [6.45, 7) is 1.15. The van der Waals surface area contributed by atoms with Crippen molar-refractivity contribution >= 4 is 12.0 Å². The van der Waals surface area contributed by atoms with Crippen molar-refractivity contribution in [2.24, 2.45) is 5.92 Å². The largest absolute Gasteiger partial charge is 0.497 e. The second-order valence-electron chi connectivity index (χ2n) is 4.97. The number of rotatable bonds is 6. The molecule has 104 valence electrons. The molecule has 3 heteroatoms. The lowest BCUT2D eigenvalue weighted by Crippen LogP contribution is -2.31. The SMILES string of the molecule is C#CCN(CC1CC1)C(=O)/C=C/c1ccc(OC)cc1. The summed E-state index contributed by atoms with van der Waals surface area (Å²) >= 11 is 0. The Morgan fingerprint density at radius 1 is 1.45 bits per heavy atom. The predicted molar refractivity (Wildman–Crippen MR) is 80.2 cm³/mol. The van der Waals surface area contributed by atoms with Crippen molar-refractivity contribution in [1.29, 1.82) is 0 Å². The summed E-state index contributed by atoms with van der Waals surface area (Å²) in [5.74, 6) is 3.97. The fourth-order valence-corrected chi connectivity index (χ4v) is 1.94. The van der Waals surface area contributed by atoms with E-state index in [-0.39, 0.29) is 5.91 Å². The highest BCUT2D eigenvalue weighted by Gasteiger charge is 2.25. The van der Waals surface area contributed by atoms with Gasteiger partial charge in [0.2, 0.25) is 5.91 Å². The molecule has 1 aliphatic rings. The van der Waals surface area contributed by atoms with E-state index in [1.54, 1.807) is 24.2 Å². The van der Waals surface area contributed by atoms with Crippen LogP contribution in [0.5, 0.6) is 5.75 Å². The second kappa shape index (κ2) is 6.81. The summed E-state index contributed by atoms with van der Waals surface area (Å²) in [5.41, 5.74) is 0.964. The van der Waals surface area contributed by atoms with Gasteiger partial charge < -0.3 is 9.64 Å². The lowest BCUT2D eigenvalue weighted by molar-refractivity contribution is -0.125. The molecule has 0 heterocycles. The molecule has 1 aliphatic carbocycles. The van der Waals surface area contributed by atoms with Crippen molar-refractivity contribution in [3.63, 3.8) is 0 Å². The number of hydrogen-bond donors (Lipinski definition) is 0. The lowest BCUT2D eigenvalue weighted by Gasteiger charge is -2.17. The van der Waals surface area contributed by atoms with Gasteiger partial charge in [-0.05, 0) is 42.5 Å². The molecule has 1 amide bonds. The van der Waals surface area contributed by atoms with Crippen molar-refractivity contribution in [1.82, 2.24) is 4.90 Å². The number of nitrogens with zero attached hydrogens (tertiary/aromatic N) is 1. The second-order valence-corrected chi connectivity index (χ2v) is 4.97. The smallest absolute Gasteiger partial charge is 0.247 e. The van der Waals surface area contributed by atoms with Crippen LogP contribution in [0, 0.1) is 18.3 Å². The van der Waals surface area contributed by atoms with Crippen molar-refractivity contribution in [3.8, 4) is 18.1 Å². The summed E-state index contributed by atoms with van der Waals surface area (Å²) in [6, 6.07) is 7.56. The molecule has 2 rings (SSSR count). The Hall–Kier alpha value is -2.21. The quantitative estimate of drug-likeness (QED) is 0.587. The van der Waals surface area contributed by atoms with Gasteiger partial charge in [0, 0.05) is 12.6 Å². The zero-order chi connectivity index (χ0) is 14.4. The number of carbonyl (C=O) groups excluding carboxylic acids is 1. The molecule has 0 unspecified atom stereocenters. The molecule has 0 aromatic heterocycles. The Morgan fingerprint density at radius 3 is 2.70 bits per heavy atom. The molecule has 0 aliphatic heterocycles. The third kappa shape index (κ3) is 4.17. The Labute approximate surface area is 120 Å². The Morgan fingerprint density at radius 2 is 2.15 bits per heavy atom. The van der Waals surface area contributed by atoms with E-state index in [1.165, 1.54) is 12.8 Å². The standard InChI is InChI=1S/C17H19NO2/c1-3-12-18(13-15-4-5-15)17(19)11-8-14-6-9-16(20-2)10-7-14/h1,6-11,15H,4-5,12-13H2,2H3/b11-8+. The van der Waals surface area contributed by atoms with Crippen LogP contribution < -0.4 is 4.74 Å². The van der Waals surface area contributed by atoms with Gasteiger partial charge in [-0.2, -0.15) is 0 Å². The molecule has 0 bridgehead atoms. The number of carbonyl (C=O) groups is 1. The Balaban J connectivity index is 1.96. The van der Waals surface area contributed by atoms with E-state index in [0.717, 1.165) is 17.9 Å². The molecule has 3 nitrogen and oxygen atoms in total. The zero-order valence-electron chi connectivity index (χ0n) is 11.7. The van der Waals surface area contributed by atoms with E-state index in [2.05, 4.69) is 5.92 Å². The predicted octanol–water partition coefficient (Wildman–Crippen LogP) is 2.58. The molecule has 1 aromatic rings. The minimum Gasteiger partial charge on any atom is -0.497 e. The lowest BCUT2D eigenvalue weighted by atomic mass is 10.2. The van der Waals surface area contributed by atoms with Gasteiger partial charge >= 0.3 is 0 Å². The molecule has 0 saturated heterocycles. The first-order chi connectivity index (χ1) is 9.72. The summed E-state index contributed by atoms with van der Waals surface area (Å²) in [7, 11) is 1.63. The van der Waals surface area contributed by atoms with E-state index in [9.17, 15) is 4.79 Å². The van der Waals surface area contributed by atoms with E-state index in [0.29, 0.717) is 12.5 Å². The van der Waals surface area contributed by atoms with Crippen molar-refractivity contribution in [3.05, 3.63) is 35.9 Å². The third-order valence-corrected chi connectivity index (χ3v) is 3.30. The molecule has 1 fully saturated rings. The number of ether oxygens (including phenoxy) is 1. The van der Waals surface area contributed by atoms with E-state index in [1.807, 2.05) is 24.3 Å². The van der Waals surface area contributed by atoms with E-state index < -0.39 is 0 Å².